The van der Waals surface area contributed by atoms with Crippen molar-refractivity contribution in [3.8, 4) is 0 Å². The van der Waals surface area contributed by atoms with Crippen LogP contribution in [0.5, 0.6) is 0 Å². The molecule has 0 aliphatic heterocycles. The Morgan fingerprint density at radius 3 is 2.57 bits per heavy atom. The molecule has 0 aliphatic carbocycles. The van der Waals surface area contributed by atoms with Crippen LogP contribution >= 0.6 is 0 Å². The average molecular weight is 388 g/mol. The lowest BCUT2D eigenvalue weighted by Gasteiger charge is -2.14. The summed E-state index contributed by atoms with van der Waals surface area (Å²) in [4.78, 5) is 36.4. The van der Waals surface area contributed by atoms with Gasteiger partial charge in [0.25, 0.3) is 0 Å². The lowest BCUT2D eigenvalue weighted by molar-refractivity contribution is -0.140. The third-order valence-corrected chi connectivity index (χ3v) is 3.76. The summed E-state index contributed by atoms with van der Waals surface area (Å²) in [6.07, 6.45) is 3.38. The quantitative estimate of drug-likeness (QED) is 0.555. The number of ether oxygens (including phenoxy) is 1. The maximum Gasteiger partial charge on any atom is 0.305 e. The Bertz CT molecular complexity index is 858. The minimum Gasteiger partial charge on any atom is -0.469 e. The number of hydrogen-bond donors (Lipinski definition) is 1. The van der Waals surface area contributed by atoms with Gasteiger partial charge < -0.3 is 19.4 Å². The van der Waals surface area contributed by atoms with Crippen LogP contribution in [0.25, 0.3) is 6.08 Å². The molecule has 0 atom stereocenters. The van der Waals surface area contributed by atoms with Crippen LogP contribution in [-0.2, 0) is 25.5 Å². The molecule has 1 N–H and O–H groups in total. The fraction of sp³-hybridized carbons (Fsp3) is 0.250. The van der Waals surface area contributed by atoms with Crippen LogP contribution in [0.2, 0.25) is 0 Å². The summed E-state index contributed by atoms with van der Waals surface area (Å²) in [6.45, 7) is -0.164. The first-order valence-electron chi connectivity index (χ1n) is 8.51. The van der Waals surface area contributed by atoms with Gasteiger partial charge in [-0.2, -0.15) is 0 Å². The number of furan rings is 1. The smallest absolute Gasteiger partial charge is 0.305 e. The average Bonchev–Trinajstić information content (AvgIpc) is 3.13. The molecule has 0 saturated carbocycles. The number of likely N-dealkylation sites (N-methyl/N-ethyl adjacent to an activating group) is 1. The number of amides is 2. The van der Waals surface area contributed by atoms with Gasteiger partial charge in [0.15, 0.2) is 0 Å². The number of rotatable bonds is 8. The highest BCUT2D eigenvalue weighted by atomic mass is 19.1. The summed E-state index contributed by atoms with van der Waals surface area (Å²) in [5.74, 6) is -0.464. The fourth-order valence-electron chi connectivity index (χ4n) is 2.25. The van der Waals surface area contributed by atoms with Crippen molar-refractivity contribution in [1.82, 2.24) is 4.90 Å². The second-order valence-electron chi connectivity index (χ2n) is 5.96. The van der Waals surface area contributed by atoms with Crippen LogP contribution in [0.1, 0.15) is 17.9 Å². The first-order valence-corrected chi connectivity index (χ1v) is 8.51. The molecule has 148 valence electrons. The largest absolute Gasteiger partial charge is 0.469 e. The zero-order valence-corrected chi connectivity index (χ0v) is 15.6. The van der Waals surface area contributed by atoms with Crippen molar-refractivity contribution in [1.29, 1.82) is 0 Å². The standard InChI is InChI=1S/C20H21FN2O5/c1-23(13-18(24)22-15-5-3-14(21)4-6-15)19(25)11-9-16-7-8-17(28-16)10-12-20(26)27-2/h3-9,11H,10,12-13H2,1-2H3,(H,22,24)/b11-9+. The van der Waals surface area contributed by atoms with Crippen molar-refractivity contribution in [3.05, 3.63) is 59.8 Å². The molecule has 1 aromatic heterocycles. The SMILES string of the molecule is COC(=O)CCc1ccc(/C=C/C(=O)N(C)CC(=O)Nc2ccc(F)cc2)o1. The number of carbonyl (C=O) groups excluding carboxylic acids is 3. The number of benzene rings is 1. The van der Waals surface area contributed by atoms with Gasteiger partial charge in [0.2, 0.25) is 11.8 Å². The van der Waals surface area contributed by atoms with Gasteiger partial charge in [-0.05, 0) is 42.5 Å². The Balaban J connectivity index is 1.82. The van der Waals surface area contributed by atoms with E-state index < -0.39 is 11.7 Å². The number of hydrogen-bond acceptors (Lipinski definition) is 5. The van der Waals surface area contributed by atoms with E-state index in [0.717, 1.165) is 0 Å². The Hall–Kier alpha value is -3.42. The molecule has 0 aliphatic rings. The van der Waals surface area contributed by atoms with E-state index >= 15 is 0 Å². The minimum absolute atomic E-state index is 0.164. The van der Waals surface area contributed by atoms with E-state index in [1.807, 2.05) is 0 Å². The maximum absolute atomic E-state index is 12.9. The molecule has 2 rings (SSSR count). The van der Waals surface area contributed by atoms with Gasteiger partial charge in [0.1, 0.15) is 17.3 Å². The number of carbonyl (C=O) groups is 3. The summed E-state index contributed by atoms with van der Waals surface area (Å²) in [7, 11) is 2.81. The summed E-state index contributed by atoms with van der Waals surface area (Å²) < 4.78 is 22.9. The third-order valence-electron chi connectivity index (χ3n) is 3.76. The molecule has 0 unspecified atom stereocenters. The van der Waals surface area contributed by atoms with Crippen LogP contribution < -0.4 is 5.32 Å². The molecular formula is C20H21FN2O5. The van der Waals surface area contributed by atoms with Gasteiger partial charge in [0, 0.05) is 25.2 Å². The molecule has 0 fully saturated rings. The third kappa shape index (κ3) is 6.71. The normalized spacial score (nSPS) is 10.7. The Morgan fingerprint density at radius 2 is 1.89 bits per heavy atom. The molecule has 0 bridgehead atoms. The number of halogens is 1. The number of anilines is 1. The zero-order chi connectivity index (χ0) is 20.5. The van der Waals surface area contributed by atoms with Crippen LogP contribution in [0.4, 0.5) is 10.1 Å². The molecule has 28 heavy (non-hydrogen) atoms. The molecule has 0 saturated heterocycles. The van der Waals surface area contributed by atoms with Crippen LogP contribution in [0, 0.1) is 5.82 Å². The van der Waals surface area contributed by atoms with Gasteiger partial charge in [-0.1, -0.05) is 0 Å². The minimum atomic E-state index is -0.404. The van der Waals surface area contributed by atoms with Gasteiger partial charge >= 0.3 is 5.97 Å². The van der Waals surface area contributed by atoms with E-state index in [1.165, 1.54) is 55.5 Å². The molecule has 8 heteroatoms. The van der Waals surface area contributed by atoms with E-state index in [9.17, 15) is 18.8 Å². The Kier molecular flexibility index (Phi) is 7.50. The van der Waals surface area contributed by atoms with Crippen molar-refractivity contribution >= 4 is 29.5 Å². The molecule has 7 nitrogen and oxygen atoms in total. The lowest BCUT2D eigenvalue weighted by Crippen LogP contribution is -2.33. The highest BCUT2D eigenvalue weighted by molar-refractivity contribution is 5.97. The van der Waals surface area contributed by atoms with E-state index in [4.69, 9.17) is 4.42 Å². The highest BCUT2D eigenvalue weighted by Gasteiger charge is 2.11. The Labute approximate surface area is 161 Å². The van der Waals surface area contributed by atoms with E-state index in [0.29, 0.717) is 23.6 Å². The van der Waals surface area contributed by atoms with Crippen molar-refractivity contribution in [2.24, 2.45) is 0 Å². The first kappa shape index (κ1) is 20.9. The summed E-state index contributed by atoms with van der Waals surface area (Å²) in [6, 6.07) is 8.73. The van der Waals surface area contributed by atoms with Crippen molar-refractivity contribution in [2.75, 3.05) is 26.0 Å². The van der Waals surface area contributed by atoms with Crippen molar-refractivity contribution < 1.29 is 27.9 Å². The molecule has 2 amide bonds. The van der Waals surface area contributed by atoms with Gasteiger partial charge in [-0.3, -0.25) is 14.4 Å². The highest BCUT2D eigenvalue weighted by Crippen LogP contribution is 2.12. The second-order valence-corrected chi connectivity index (χ2v) is 5.96. The monoisotopic (exact) mass is 388 g/mol. The van der Waals surface area contributed by atoms with Gasteiger partial charge in [0.05, 0.1) is 20.1 Å². The first-order chi connectivity index (χ1) is 13.4. The van der Waals surface area contributed by atoms with E-state index in [2.05, 4.69) is 10.1 Å². The molecule has 0 radical (unpaired) electrons. The molecule has 2 aromatic rings. The zero-order valence-electron chi connectivity index (χ0n) is 15.6. The predicted octanol–water partition coefficient (Wildman–Crippen LogP) is 2.63. The lowest BCUT2D eigenvalue weighted by atomic mass is 10.2. The number of aryl methyl sites for hydroxylation is 1. The number of esters is 1. The molecule has 1 aromatic carbocycles. The van der Waals surface area contributed by atoms with Crippen LogP contribution in [0.15, 0.2) is 46.9 Å². The topological polar surface area (TPSA) is 88.9 Å². The van der Waals surface area contributed by atoms with Crippen molar-refractivity contribution in [3.63, 3.8) is 0 Å². The van der Waals surface area contributed by atoms with Gasteiger partial charge in [-0.15, -0.1) is 0 Å². The maximum atomic E-state index is 12.9. The summed E-state index contributed by atoms with van der Waals surface area (Å²) >= 11 is 0. The number of nitrogens with zero attached hydrogens (tertiary/aromatic N) is 1. The van der Waals surface area contributed by atoms with Crippen molar-refractivity contribution in [2.45, 2.75) is 12.8 Å². The molecular weight excluding hydrogens is 367 g/mol. The Morgan fingerprint density at radius 1 is 1.18 bits per heavy atom. The van der Waals surface area contributed by atoms with Crippen LogP contribution in [-0.4, -0.2) is 43.4 Å². The summed E-state index contributed by atoms with van der Waals surface area (Å²) in [5, 5.41) is 2.58. The fourth-order valence-corrected chi connectivity index (χ4v) is 2.25. The van der Waals surface area contributed by atoms with Crippen LogP contribution in [0.3, 0.4) is 0 Å². The van der Waals surface area contributed by atoms with E-state index in [1.54, 1.807) is 12.1 Å². The molecule has 1 heterocycles. The van der Waals surface area contributed by atoms with E-state index in [-0.39, 0.29) is 24.8 Å². The summed E-state index contributed by atoms with van der Waals surface area (Å²) in [5.41, 5.74) is 0.442. The number of nitrogens with one attached hydrogen (secondary N) is 1. The second kappa shape index (κ2) is 10.1. The number of methoxy groups -OCH3 is 1. The van der Waals surface area contributed by atoms with Gasteiger partial charge in [-0.25, -0.2) is 4.39 Å². The predicted molar refractivity (Wildman–Crippen MR) is 101 cm³/mol. The molecule has 0 spiro atoms.